The molecule has 1 saturated heterocycles. The largest absolute Gasteiger partial charge is 0.306 e. The summed E-state index contributed by atoms with van der Waals surface area (Å²) in [6, 6.07) is 0. The zero-order valence-corrected chi connectivity index (χ0v) is 7.97. The molecule has 0 aromatic rings. The summed E-state index contributed by atoms with van der Waals surface area (Å²) < 4.78 is 23.1. The highest BCUT2D eigenvalue weighted by Gasteiger charge is 2.22. The highest BCUT2D eigenvalue weighted by molar-refractivity contribution is 7.87. The zero-order chi connectivity index (χ0) is 9.19. The zero-order valence-electron chi connectivity index (χ0n) is 7.16. The first-order valence-electron chi connectivity index (χ1n) is 3.93. The van der Waals surface area contributed by atoms with Gasteiger partial charge in [-0.2, -0.15) is 8.42 Å². The van der Waals surface area contributed by atoms with Gasteiger partial charge in [0.1, 0.15) is 0 Å². The summed E-state index contributed by atoms with van der Waals surface area (Å²) in [5.74, 6) is 0.629. The third-order valence-corrected chi connectivity index (χ3v) is 2.60. The first kappa shape index (κ1) is 9.91. The minimum absolute atomic E-state index is 0.456. The Morgan fingerprint density at radius 2 is 2.17 bits per heavy atom. The van der Waals surface area contributed by atoms with Gasteiger partial charge >= 0.3 is 0 Å². The molecule has 0 saturated carbocycles. The van der Waals surface area contributed by atoms with Crippen molar-refractivity contribution in [2.45, 2.75) is 6.42 Å². The summed E-state index contributed by atoms with van der Waals surface area (Å²) in [5.41, 5.74) is 0. The van der Waals surface area contributed by atoms with Gasteiger partial charge in [-0.25, -0.2) is 9.86 Å². The molecule has 1 heterocycles. The van der Waals surface area contributed by atoms with Gasteiger partial charge in [-0.05, 0) is 19.4 Å². The van der Waals surface area contributed by atoms with Gasteiger partial charge in [0.15, 0.2) is 0 Å². The normalized spacial score (nSPS) is 20.8. The van der Waals surface area contributed by atoms with Crippen LogP contribution in [0.4, 0.5) is 0 Å². The van der Waals surface area contributed by atoms with Gasteiger partial charge < -0.3 is 4.90 Å². The van der Waals surface area contributed by atoms with Crippen LogP contribution in [0.15, 0.2) is 0 Å². The molecule has 5 nitrogen and oxygen atoms in total. The summed E-state index contributed by atoms with van der Waals surface area (Å²) in [5, 5.41) is 4.76. The molecule has 0 radical (unpaired) electrons. The van der Waals surface area contributed by atoms with E-state index < -0.39 is 10.2 Å². The van der Waals surface area contributed by atoms with Gasteiger partial charge in [-0.1, -0.05) is 0 Å². The van der Waals surface area contributed by atoms with Gasteiger partial charge in [-0.3, -0.25) is 0 Å². The first-order chi connectivity index (χ1) is 5.47. The first-order valence-corrected chi connectivity index (χ1v) is 5.48. The van der Waals surface area contributed by atoms with Crippen LogP contribution in [0.25, 0.3) is 0 Å². The summed E-state index contributed by atoms with van der Waals surface area (Å²) in [6.45, 7) is 2.58. The predicted octanol–water partition coefficient (Wildman–Crippen LogP) is -1.27. The quantitative estimate of drug-likeness (QED) is 0.584. The molecule has 0 spiro atoms. The highest BCUT2D eigenvalue weighted by atomic mass is 32.2. The molecule has 12 heavy (non-hydrogen) atoms. The standard InChI is InChI=1S/C6H15N3O2S/c1-9-4-6(5-9)2-3-8-12(7,10)11/h6,8H,2-5H2,1H3,(H2,7,10,11). The minimum atomic E-state index is -3.48. The van der Waals surface area contributed by atoms with Crippen LogP contribution in [0.5, 0.6) is 0 Å². The molecule has 6 heteroatoms. The molecule has 1 aliphatic rings. The Balaban J connectivity index is 2.04. The number of nitrogens with one attached hydrogen (secondary N) is 1. The van der Waals surface area contributed by atoms with Gasteiger partial charge in [0, 0.05) is 19.6 Å². The van der Waals surface area contributed by atoms with Crippen molar-refractivity contribution in [2.24, 2.45) is 11.1 Å². The van der Waals surface area contributed by atoms with E-state index in [9.17, 15) is 8.42 Å². The second-order valence-corrected chi connectivity index (χ2v) is 4.69. The second kappa shape index (κ2) is 3.69. The van der Waals surface area contributed by atoms with E-state index in [0.717, 1.165) is 19.5 Å². The van der Waals surface area contributed by atoms with Crippen molar-refractivity contribution in [3.05, 3.63) is 0 Å². The van der Waals surface area contributed by atoms with E-state index in [1.54, 1.807) is 0 Å². The molecule has 0 bridgehead atoms. The number of hydrogen-bond donors (Lipinski definition) is 2. The van der Waals surface area contributed by atoms with Crippen molar-refractivity contribution in [1.82, 2.24) is 9.62 Å². The lowest BCUT2D eigenvalue weighted by Gasteiger charge is -2.36. The van der Waals surface area contributed by atoms with Crippen molar-refractivity contribution < 1.29 is 8.42 Å². The van der Waals surface area contributed by atoms with Crippen LogP contribution < -0.4 is 9.86 Å². The molecule has 1 aliphatic heterocycles. The van der Waals surface area contributed by atoms with Crippen LogP contribution in [0, 0.1) is 5.92 Å². The lowest BCUT2D eigenvalue weighted by Crippen LogP contribution is -2.45. The number of likely N-dealkylation sites (tertiary alicyclic amines) is 1. The Hall–Kier alpha value is -0.170. The summed E-state index contributed by atoms with van der Waals surface area (Å²) in [6.07, 6.45) is 0.876. The van der Waals surface area contributed by atoms with E-state index in [1.165, 1.54) is 0 Å². The van der Waals surface area contributed by atoms with Crippen LogP contribution >= 0.6 is 0 Å². The van der Waals surface area contributed by atoms with E-state index in [4.69, 9.17) is 5.14 Å². The van der Waals surface area contributed by atoms with Crippen LogP contribution in [-0.2, 0) is 10.2 Å². The maximum Gasteiger partial charge on any atom is 0.274 e. The van der Waals surface area contributed by atoms with Gasteiger partial charge in [0.2, 0.25) is 0 Å². The van der Waals surface area contributed by atoms with E-state index in [0.29, 0.717) is 12.5 Å². The highest BCUT2D eigenvalue weighted by Crippen LogP contribution is 2.15. The molecular weight excluding hydrogens is 178 g/mol. The topological polar surface area (TPSA) is 75.4 Å². The minimum Gasteiger partial charge on any atom is -0.306 e. The Labute approximate surface area is 73.1 Å². The average molecular weight is 193 g/mol. The number of nitrogens with two attached hydrogens (primary N) is 1. The number of hydrogen-bond acceptors (Lipinski definition) is 3. The van der Waals surface area contributed by atoms with Crippen LogP contribution in [0.3, 0.4) is 0 Å². The van der Waals surface area contributed by atoms with E-state index in [2.05, 4.69) is 9.62 Å². The monoisotopic (exact) mass is 193 g/mol. The lowest BCUT2D eigenvalue weighted by atomic mass is 9.98. The third-order valence-electron chi connectivity index (χ3n) is 2.00. The molecule has 3 N–H and O–H groups in total. The number of rotatable bonds is 4. The molecule has 0 unspecified atom stereocenters. The molecule has 0 atom stereocenters. The maximum absolute atomic E-state index is 10.4. The Kier molecular flexibility index (Phi) is 3.05. The molecule has 0 aliphatic carbocycles. The van der Waals surface area contributed by atoms with Crippen LogP contribution in [0.2, 0.25) is 0 Å². The average Bonchev–Trinajstić information content (AvgIpc) is 1.81. The fourth-order valence-electron chi connectivity index (χ4n) is 1.42. The van der Waals surface area contributed by atoms with Crippen molar-refractivity contribution in [3.63, 3.8) is 0 Å². The molecule has 0 aromatic heterocycles. The molecule has 72 valence electrons. The fourth-order valence-corrected chi connectivity index (χ4v) is 1.82. The predicted molar refractivity (Wildman–Crippen MR) is 46.7 cm³/mol. The Morgan fingerprint density at radius 1 is 1.58 bits per heavy atom. The van der Waals surface area contributed by atoms with Crippen LogP contribution in [0.1, 0.15) is 6.42 Å². The van der Waals surface area contributed by atoms with Gasteiger partial charge in [0.05, 0.1) is 0 Å². The van der Waals surface area contributed by atoms with Crippen molar-refractivity contribution in [1.29, 1.82) is 0 Å². The summed E-state index contributed by atoms with van der Waals surface area (Å²) >= 11 is 0. The Bertz CT molecular complexity index is 233. The van der Waals surface area contributed by atoms with Crippen LogP contribution in [-0.4, -0.2) is 40.0 Å². The maximum atomic E-state index is 10.4. The van der Waals surface area contributed by atoms with Gasteiger partial charge in [0.25, 0.3) is 10.2 Å². The van der Waals surface area contributed by atoms with E-state index in [1.807, 2.05) is 7.05 Å². The van der Waals surface area contributed by atoms with Crippen molar-refractivity contribution in [2.75, 3.05) is 26.7 Å². The van der Waals surface area contributed by atoms with E-state index in [-0.39, 0.29) is 0 Å². The third kappa shape index (κ3) is 3.48. The molecule has 0 amide bonds. The molecule has 0 aromatic carbocycles. The number of nitrogens with zero attached hydrogens (tertiary/aromatic N) is 1. The molecule has 1 fully saturated rings. The van der Waals surface area contributed by atoms with E-state index >= 15 is 0 Å². The van der Waals surface area contributed by atoms with Gasteiger partial charge in [-0.15, -0.1) is 0 Å². The lowest BCUT2D eigenvalue weighted by molar-refractivity contribution is 0.128. The fraction of sp³-hybridized carbons (Fsp3) is 1.00. The van der Waals surface area contributed by atoms with Crippen molar-refractivity contribution in [3.8, 4) is 0 Å². The molecular formula is C6H15N3O2S. The second-order valence-electron chi connectivity index (χ2n) is 3.32. The van der Waals surface area contributed by atoms with Crippen molar-refractivity contribution >= 4 is 10.2 Å². The SMILES string of the molecule is CN1CC(CCNS(N)(=O)=O)C1. The summed E-state index contributed by atoms with van der Waals surface area (Å²) in [4.78, 5) is 2.20. The summed E-state index contributed by atoms with van der Waals surface area (Å²) in [7, 11) is -1.44. The smallest absolute Gasteiger partial charge is 0.274 e. The molecule has 1 rings (SSSR count). The Morgan fingerprint density at radius 3 is 2.58 bits per heavy atom.